The fourth-order valence-electron chi connectivity index (χ4n) is 1.33. The molecule has 6 heteroatoms. The number of nitrogens with zero attached hydrogens (tertiary/aromatic N) is 4. The largest absolute Gasteiger partial charge is 0.312 e. The third-order valence-electron chi connectivity index (χ3n) is 1.99. The van der Waals surface area contributed by atoms with Crippen molar-refractivity contribution in [3.05, 3.63) is 28.8 Å². The zero-order valence-electron chi connectivity index (χ0n) is 8.34. The van der Waals surface area contributed by atoms with E-state index in [1.165, 1.54) is 6.07 Å². The van der Waals surface area contributed by atoms with Crippen LogP contribution in [0.4, 0.5) is 0 Å². The number of aromatic amines is 1. The van der Waals surface area contributed by atoms with Crippen molar-refractivity contribution in [2.75, 3.05) is 0 Å². The maximum absolute atomic E-state index is 10.8. The molecule has 0 saturated carbocycles. The first kappa shape index (κ1) is 9.57. The summed E-state index contributed by atoms with van der Waals surface area (Å²) in [7, 11) is 0. The average Bonchev–Trinajstić information content (AvgIpc) is 2.68. The van der Waals surface area contributed by atoms with Crippen LogP contribution < -0.4 is 5.56 Å². The van der Waals surface area contributed by atoms with Crippen molar-refractivity contribution < 1.29 is 0 Å². The first-order valence-electron chi connectivity index (χ1n) is 4.75. The van der Waals surface area contributed by atoms with Crippen molar-refractivity contribution in [1.82, 2.24) is 25.0 Å². The Hall–Kier alpha value is -1.98. The van der Waals surface area contributed by atoms with Gasteiger partial charge in [0.25, 0.3) is 5.56 Å². The van der Waals surface area contributed by atoms with Gasteiger partial charge in [0.15, 0.2) is 5.82 Å². The van der Waals surface area contributed by atoms with Gasteiger partial charge in [-0.3, -0.25) is 4.79 Å². The van der Waals surface area contributed by atoms with Crippen LogP contribution >= 0.6 is 0 Å². The monoisotopic (exact) mass is 205 g/mol. The minimum Gasteiger partial charge on any atom is -0.312 e. The summed E-state index contributed by atoms with van der Waals surface area (Å²) in [4.78, 5) is 10.8. The van der Waals surface area contributed by atoms with Crippen molar-refractivity contribution in [3.63, 3.8) is 0 Å². The molecule has 0 bridgehead atoms. The quantitative estimate of drug-likeness (QED) is 0.788. The van der Waals surface area contributed by atoms with E-state index in [4.69, 9.17) is 0 Å². The first-order chi connectivity index (χ1) is 7.31. The molecule has 0 atom stereocenters. The lowest BCUT2D eigenvalue weighted by molar-refractivity contribution is 0.680. The molecule has 78 valence electrons. The van der Waals surface area contributed by atoms with Crippen molar-refractivity contribution >= 4 is 0 Å². The molecule has 0 fully saturated rings. The van der Waals surface area contributed by atoms with E-state index in [9.17, 15) is 4.79 Å². The predicted octanol–water partition coefficient (Wildman–Crippen LogP) is 0.438. The highest BCUT2D eigenvalue weighted by molar-refractivity contribution is 5.47. The third kappa shape index (κ3) is 1.93. The first-order valence-corrected chi connectivity index (χ1v) is 4.75. The number of aryl methyl sites for hydroxylation is 1. The summed E-state index contributed by atoms with van der Waals surface area (Å²) in [5, 5.41) is 14.1. The van der Waals surface area contributed by atoms with Gasteiger partial charge in [0, 0.05) is 12.6 Å². The van der Waals surface area contributed by atoms with Crippen molar-refractivity contribution in [3.8, 4) is 11.5 Å². The van der Waals surface area contributed by atoms with E-state index in [0.29, 0.717) is 11.5 Å². The summed E-state index contributed by atoms with van der Waals surface area (Å²) < 4.78 is 1.90. The lowest BCUT2D eigenvalue weighted by atomic mass is 10.3. The number of aromatic nitrogens is 5. The Morgan fingerprint density at radius 3 is 3.00 bits per heavy atom. The molecule has 0 unspecified atom stereocenters. The maximum atomic E-state index is 10.8. The van der Waals surface area contributed by atoms with Crippen LogP contribution in [0.25, 0.3) is 11.5 Å². The Balaban J connectivity index is 2.40. The Bertz CT molecular complexity index is 481. The van der Waals surface area contributed by atoms with Crippen LogP contribution in [0, 0.1) is 0 Å². The number of H-pyrrole nitrogens is 1. The summed E-state index contributed by atoms with van der Waals surface area (Å²) in [6.07, 6.45) is 2.65. The lowest BCUT2D eigenvalue weighted by Gasteiger charge is -2.02. The molecule has 0 aliphatic rings. The third-order valence-corrected chi connectivity index (χ3v) is 1.99. The average molecular weight is 205 g/mol. The number of hydrogen-bond acceptors (Lipinski definition) is 4. The van der Waals surface area contributed by atoms with Gasteiger partial charge in [0.2, 0.25) is 0 Å². The summed E-state index contributed by atoms with van der Waals surface area (Å²) in [6.45, 7) is 2.91. The van der Waals surface area contributed by atoms with Crippen LogP contribution in [-0.2, 0) is 6.54 Å². The molecule has 2 heterocycles. The molecule has 1 N–H and O–H groups in total. The summed E-state index contributed by atoms with van der Waals surface area (Å²) in [5.74, 6) is 0.674. The zero-order chi connectivity index (χ0) is 10.7. The second-order valence-corrected chi connectivity index (χ2v) is 3.15. The van der Waals surface area contributed by atoms with E-state index in [1.807, 2.05) is 4.57 Å². The maximum Gasteiger partial charge on any atom is 0.264 e. The molecule has 0 spiro atoms. The van der Waals surface area contributed by atoms with Crippen LogP contribution in [0.3, 0.4) is 0 Å². The van der Waals surface area contributed by atoms with E-state index in [-0.39, 0.29) is 5.56 Å². The standard InChI is InChI=1S/C9H11N5O/c1-2-5-14-6-10-13-9(14)7-3-4-8(15)12-11-7/h3-4,6H,2,5H2,1H3,(H,12,15). The summed E-state index contributed by atoms with van der Waals surface area (Å²) in [6, 6.07) is 3.06. The summed E-state index contributed by atoms with van der Waals surface area (Å²) in [5.41, 5.74) is 0.404. The van der Waals surface area contributed by atoms with Crippen molar-refractivity contribution in [2.24, 2.45) is 0 Å². The van der Waals surface area contributed by atoms with E-state index in [1.54, 1.807) is 12.4 Å². The smallest absolute Gasteiger partial charge is 0.264 e. The van der Waals surface area contributed by atoms with Gasteiger partial charge in [-0.25, -0.2) is 5.10 Å². The fourth-order valence-corrected chi connectivity index (χ4v) is 1.33. The molecule has 6 nitrogen and oxygen atoms in total. The molecule has 0 aliphatic carbocycles. The van der Waals surface area contributed by atoms with Gasteiger partial charge in [-0.15, -0.1) is 10.2 Å². The normalized spacial score (nSPS) is 10.5. The minimum absolute atomic E-state index is 0.222. The topological polar surface area (TPSA) is 76.5 Å². The van der Waals surface area contributed by atoms with Gasteiger partial charge in [0.05, 0.1) is 0 Å². The highest BCUT2D eigenvalue weighted by Crippen LogP contribution is 2.11. The molecular weight excluding hydrogens is 194 g/mol. The van der Waals surface area contributed by atoms with Gasteiger partial charge in [-0.05, 0) is 12.5 Å². The lowest BCUT2D eigenvalue weighted by Crippen LogP contribution is -2.07. The van der Waals surface area contributed by atoms with Crippen LogP contribution in [0.1, 0.15) is 13.3 Å². The Kier molecular flexibility index (Phi) is 2.57. The Labute approximate surface area is 86.0 Å². The van der Waals surface area contributed by atoms with Gasteiger partial charge in [0.1, 0.15) is 12.0 Å². The van der Waals surface area contributed by atoms with Gasteiger partial charge in [-0.2, -0.15) is 5.10 Å². The fraction of sp³-hybridized carbons (Fsp3) is 0.333. The Morgan fingerprint density at radius 2 is 2.33 bits per heavy atom. The number of hydrogen-bond donors (Lipinski definition) is 1. The van der Waals surface area contributed by atoms with Gasteiger partial charge in [-0.1, -0.05) is 6.92 Å². The molecular formula is C9H11N5O. The molecule has 0 amide bonds. The molecule has 15 heavy (non-hydrogen) atoms. The van der Waals surface area contributed by atoms with E-state index >= 15 is 0 Å². The highest BCUT2D eigenvalue weighted by atomic mass is 16.1. The second kappa shape index (κ2) is 4.04. The van der Waals surface area contributed by atoms with E-state index in [0.717, 1.165) is 13.0 Å². The van der Waals surface area contributed by atoms with Crippen LogP contribution in [-0.4, -0.2) is 25.0 Å². The van der Waals surface area contributed by atoms with Crippen LogP contribution in [0.2, 0.25) is 0 Å². The van der Waals surface area contributed by atoms with Gasteiger partial charge >= 0.3 is 0 Å². The molecule has 2 aromatic rings. The van der Waals surface area contributed by atoms with Crippen molar-refractivity contribution in [1.29, 1.82) is 0 Å². The predicted molar refractivity (Wildman–Crippen MR) is 54.2 cm³/mol. The molecule has 0 radical (unpaired) electrons. The van der Waals surface area contributed by atoms with Crippen LogP contribution in [0.15, 0.2) is 23.3 Å². The number of rotatable bonds is 3. The van der Waals surface area contributed by atoms with Gasteiger partial charge < -0.3 is 4.57 Å². The van der Waals surface area contributed by atoms with Crippen LogP contribution in [0.5, 0.6) is 0 Å². The highest BCUT2D eigenvalue weighted by Gasteiger charge is 2.07. The number of nitrogens with one attached hydrogen (secondary N) is 1. The van der Waals surface area contributed by atoms with E-state index in [2.05, 4.69) is 27.3 Å². The Morgan fingerprint density at radius 1 is 1.47 bits per heavy atom. The molecule has 0 aromatic carbocycles. The van der Waals surface area contributed by atoms with Crippen molar-refractivity contribution in [2.45, 2.75) is 19.9 Å². The second-order valence-electron chi connectivity index (χ2n) is 3.15. The SMILES string of the molecule is CCCn1cnnc1-c1ccc(=O)[nH]n1. The molecule has 2 rings (SSSR count). The molecule has 0 aliphatic heterocycles. The summed E-state index contributed by atoms with van der Waals surface area (Å²) >= 11 is 0. The minimum atomic E-state index is -0.222. The molecule has 0 saturated heterocycles. The zero-order valence-corrected chi connectivity index (χ0v) is 8.34. The van der Waals surface area contributed by atoms with E-state index < -0.39 is 0 Å². The molecule has 2 aromatic heterocycles.